The molecule has 1 atom stereocenters. The molecule has 1 N–H and O–H groups in total. The molecule has 2 heterocycles. The highest BCUT2D eigenvalue weighted by Crippen LogP contribution is 2.26. The number of rotatable bonds is 1. The molecule has 3 nitrogen and oxygen atoms in total. The summed E-state index contributed by atoms with van der Waals surface area (Å²) >= 11 is 5.39. The lowest BCUT2D eigenvalue weighted by Crippen LogP contribution is -2.13. The summed E-state index contributed by atoms with van der Waals surface area (Å²) < 4.78 is 6.22. The van der Waals surface area contributed by atoms with Crippen molar-refractivity contribution in [2.75, 3.05) is 13.2 Å². The van der Waals surface area contributed by atoms with Crippen LogP contribution >= 0.6 is 12.2 Å². The maximum absolute atomic E-state index is 5.40. The van der Waals surface area contributed by atoms with Gasteiger partial charge in [-0.2, -0.15) is 0 Å². The van der Waals surface area contributed by atoms with Crippen molar-refractivity contribution in [3.63, 3.8) is 0 Å². The highest BCUT2D eigenvalue weighted by molar-refractivity contribution is 7.71. The number of aryl methyl sites for hydroxylation is 1. The summed E-state index contributed by atoms with van der Waals surface area (Å²) in [5.74, 6) is 1.47. The van der Waals surface area contributed by atoms with Gasteiger partial charge in [0, 0.05) is 23.8 Å². The molecule has 1 aliphatic heterocycles. The van der Waals surface area contributed by atoms with E-state index in [-0.39, 0.29) is 0 Å². The lowest BCUT2D eigenvalue weighted by Gasteiger charge is -2.18. The number of aromatic nitrogens is 2. The summed E-state index contributed by atoms with van der Waals surface area (Å²) in [7, 11) is 0. The summed E-state index contributed by atoms with van der Waals surface area (Å²) in [5.41, 5.74) is 2.61. The van der Waals surface area contributed by atoms with E-state index in [1.54, 1.807) is 0 Å². The molecule has 3 rings (SSSR count). The smallest absolute Gasteiger partial charge is 0.133 e. The molecule has 1 aromatic heterocycles. The first-order chi connectivity index (χ1) is 7.84. The van der Waals surface area contributed by atoms with Crippen molar-refractivity contribution in [1.82, 2.24) is 9.97 Å². The normalized spacial score (nSPS) is 24.4. The van der Waals surface area contributed by atoms with Gasteiger partial charge in [0.15, 0.2) is 0 Å². The van der Waals surface area contributed by atoms with E-state index in [2.05, 4.69) is 9.97 Å². The van der Waals surface area contributed by atoms with Gasteiger partial charge in [-0.1, -0.05) is 12.2 Å². The second-order valence-corrected chi connectivity index (χ2v) is 5.04. The lowest BCUT2D eigenvalue weighted by molar-refractivity contribution is 0.193. The number of ether oxygens (including phenoxy) is 1. The van der Waals surface area contributed by atoms with Crippen LogP contribution in [-0.4, -0.2) is 23.2 Å². The van der Waals surface area contributed by atoms with Crippen molar-refractivity contribution in [2.45, 2.75) is 38.0 Å². The number of hydrogen-bond acceptors (Lipinski definition) is 3. The Morgan fingerprint density at radius 3 is 3.00 bits per heavy atom. The van der Waals surface area contributed by atoms with Gasteiger partial charge in [0.25, 0.3) is 0 Å². The van der Waals surface area contributed by atoms with Crippen molar-refractivity contribution in [3.8, 4) is 0 Å². The topological polar surface area (TPSA) is 37.9 Å². The van der Waals surface area contributed by atoms with Gasteiger partial charge >= 0.3 is 0 Å². The molecule has 0 aromatic carbocycles. The highest BCUT2D eigenvalue weighted by atomic mass is 32.1. The predicted octanol–water partition coefficient (Wildman–Crippen LogP) is 2.52. The van der Waals surface area contributed by atoms with Crippen LogP contribution in [0.25, 0.3) is 0 Å². The SMILES string of the molecule is S=c1nc(C2CCOC2)[nH]c2c1CCCC2. The van der Waals surface area contributed by atoms with E-state index >= 15 is 0 Å². The minimum Gasteiger partial charge on any atom is -0.381 e. The number of nitrogens with zero attached hydrogens (tertiary/aromatic N) is 1. The standard InChI is InChI=1S/C12H16N2OS/c16-12-9-3-1-2-4-10(9)13-11(14-12)8-5-6-15-7-8/h8H,1-7H2,(H,13,14,16). The monoisotopic (exact) mass is 236 g/mol. The third-order valence-electron chi connectivity index (χ3n) is 3.54. The summed E-state index contributed by atoms with van der Waals surface area (Å²) in [4.78, 5) is 8.04. The second kappa shape index (κ2) is 4.26. The van der Waals surface area contributed by atoms with Crippen molar-refractivity contribution in [3.05, 3.63) is 21.7 Å². The number of fused-ring (bicyclic) bond motifs is 1. The molecule has 16 heavy (non-hydrogen) atoms. The van der Waals surface area contributed by atoms with Gasteiger partial charge in [-0.05, 0) is 32.1 Å². The van der Waals surface area contributed by atoms with E-state index in [1.807, 2.05) is 0 Å². The van der Waals surface area contributed by atoms with Crippen LogP contribution in [0.3, 0.4) is 0 Å². The summed E-state index contributed by atoms with van der Waals surface area (Å²) in [5, 5.41) is 0. The molecule has 0 bridgehead atoms. The Hall–Kier alpha value is -0.740. The fourth-order valence-corrected chi connectivity index (χ4v) is 2.91. The van der Waals surface area contributed by atoms with Gasteiger partial charge in [-0.3, -0.25) is 0 Å². The Balaban J connectivity index is 2.01. The predicted molar refractivity (Wildman–Crippen MR) is 64.2 cm³/mol. The number of aromatic amines is 1. The van der Waals surface area contributed by atoms with Gasteiger partial charge in [0.2, 0.25) is 0 Å². The fraction of sp³-hybridized carbons (Fsp3) is 0.667. The van der Waals surface area contributed by atoms with Gasteiger partial charge in [-0.25, -0.2) is 4.98 Å². The Bertz CT molecular complexity index is 449. The van der Waals surface area contributed by atoms with Crippen molar-refractivity contribution < 1.29 is 4.74 Å². The Morgan fingerprint density at radius 1 is 1.31 bits per heavy atom. The van der Waals surface area contributed by atoms with E-state index in [4.69, 9.17) is 17.0 Å². The van der Waals surface area contributed by atoms with Crippen molar-refractivity contribution in [2.24, 2.45) is 0 Å². The summed E-state index contributed by atoms with van der Waals surface area (Å²) in [6, 6.07) is 0. The van der Waals surface area contributed by atoms with Crippen LogP contribution in [0.15, 0.2) is 0 Å². The van der Waals surface area contributed by atoms with Crippen LogP contribution in [0.4, 0.5) is 0 Å². The maximum Gasteiger partial charge on any atom is 0.133 e. The third kappa shape index (κ3) is 1.80. The van der Waals surface area contributed by atoms with Crippen molar-refractivity contribution in [1.29, 1.82) is 0 Å². The summed E-state index contributed by atoms with van der Waals surface area (Å²) in [6.07, 6.45) is 5.80. The molecule has 0 amide bonds. The van der Waals surface area contributed by atoms with Crippen molar-refractivity contribution >= 4 is 12.2 Å². The molecule has 1 fully saturated rings. The van der Waals surface area contributed by atoms with E-state index in [0.29, 0.717) is 5.92 Å². The zero-order chi connectivity index (χ0) is 11.0. The lowest BCUT2D eigenvalue weighted by atomic mass is 9.97. The average molecular weight is 236 g/mol. The minimum absolute atomic E-state index is 0.425. The zero-order valence-electron chi connectivity index (χ0n) is 9.29. The first-order valence-electron chi connectivity index (χ1n) is 6.04. The van der Waals surface area contributed by atoms with E-state index in [0.717, 1.165) is 42.9 Å². The second-order valence-electron chi connectivity index (χ2n) is 4.65. The average Bonchev–Trinajstić information content (AvgIpc) is 2.82. The zero-order valence-corrected chi connectivity index (χ0v) is 10.1. The van der Waals surface area contributed by atoms with Crippen LogP contribution in [0.5, 0.6) is 0 Å². The van der Waals surface area contributed by atoms with E-state index in [1.165, 1.54) is 24.1 Å². The number of nitrogens with one attached hydrogen (secondary N) is 1. The van der Waals surface area contributed by atoms with E-state index in [9.17, 15) is 0 Å². The molecule has 4 heteroatoms. The van der Waals surface area contributed by atoms with Gasteiger partial charge in [-0.15, -0.1) is 0 Å². The maximum atomic E-state index is 5.40. The van der Waals surface area contributed by atoms with Crippen LogP contribution in [0, 0.1) is 4.64 Å². The third-order valence-corrected chi connectivity index (χ3v) is 3.88. The first-order valence-corrected chi connectivity index (χ1v) is 6.45. The van der Waals surface area contributed by atoms with Crippen LogP contribution in [0.2, 0.25) is 0 Å². The first kappa shape index (κ1) is 10.4. The quantitative estimate of drug-likeness (QED) is 0.761. The van der Waals surface area contributed by atoms with Gasteiger partial charge < -0.3 is 9.72 Å². The van der Waals surface area contributed by atoms with E-state index < -0.39 is 0 Å². The van der Waals surface area contributed by atoms with Crippen LogP contribution in [0.1, 0.15) is 42.3 Å². The Morgan fingerprint density at radius 2 is 2.19 bits per heavy atom. The molecule has 2 aliphatic rings. The molecule has 86 valence electrons. The Labute approximate surface area is 100 Å². The molecule has 0 saturated carbocycles. The fourth-order valence-electron chi connectivity index (χ4n) is 2.58. The number of hydrogen-bond donors (Lipinski definition) is 1. The highest BCUT2D eigenvalue weighted by Gasteiger charge is 2.22. The number of H-pyrrole nitrogens is 1. The molecule has 0 radical (unpaired) electrons. The molecule has 0 spiro atoms. The molecule has 1 aliphatic carbocycles. The summed E-state index contributed by atoms with van der Waals surface area (Å²) in [6.45, 7) is 1.64. The van der Waals surface area contributed by atoms with Crippen LogP contribution < -0.4 is 0 Å². The Kier molecular flexibility index (Phi) is 2.77. The van der Waals surface area contributed by atoms with Gasteiger partial charge in [0.1, 0.15) is 10.5 Å². The van der Waals surface area contributed by atoms with Crippen LogP contribution in [-0.2, 0) is 17.6 Å². The molecular formula is C12H16N2OS. The molecule has 1 saturated heterocycles. The van der Waals surface area contributed by atoms with Gasteiger partial charge in [0.05, 0.1) is 6.61 Å². The minimum atomic E-state index is 0.425. The molecular weight excluding hydrogens is 220 g/mol. The molecule has 1 aromatic rings. The molecule has 1 unspecified atom stereocenters. The largest absolute Gasteiger partial charge is 0.381 e.